The molecule has 1 aromatic rings. The molecule has 14 heteroatoms. The van der Waals surface area contributed by atoms with E-state index in [1.54, 1.807) is 18.2 Å². The number of pyridine rings is 1. The molecule has 0 aliphatic carbocycles. The van der Waals surface area contributed by atoms with Crippen LogP contribution < -0.4 is 20.9 Å². The summed E-state index contributed by atoms with van der Waals surface area (Å²) in [6.07, 6.45) is 0.189. The maximum absolute atomic E-state index is 13.4. The smallest absolute Gasteiger partial charge is 0.414 e. The Balaban J connectivity index is 1.34. The summed E-state index contributed by atoms with van der Waals surface area (Å²) in [6.45, 7) is 2.77. The zero-order chi connectivity index (χ0) is 25.6. The number of carbonyl (C=O) groups excluding carboxylic acids is 3. The highest BCUT2D eigenvalue weighted by atomic mass is 19.4. The molecule has 11 nitrogen and oxygen atoms in total. The van der Waals surface area contributed by atoms with Gasteiger partial charge in [-0.3, -0.25) is 19.9 Å². The number of dihydropyridines is 1. The van der Waals surface area contributed by atoms with E-state index in [1.807, 2.05) is 5.32 Å². The summed E-state index contributed by atoms with van der Waals surface area (Å²) in [5.74, 6) is -0.315. The fourth-order valence-electron chi connectivity index (χ4n) is 4.60. The molecule has 4 amide bonds. The Hall–Kier alpha value is -3.97. The molecule has 1 unspecified atom stereocenters. The van der Waals surface area contributed by atoms with E-state index >= 15 is 0 Å². The Bertz CT molecular complexity index is 1150. The fourth-order valence-corrected chi connectivity index (χ4v) is 4.60. The van der Waals surface area contributed by atoms with Crippen molar-refractivity contribution in [2.24, 2.45) is 0 Å². The van der Waals surface area contributed by atoms with Crippen molar-refractivity contribution >= 4 is 29.5 Å². The number of aromatic nitrogens is 1. The molecule has 4 aliphatic heterocycles. The maximum Gasteiger partial charge on any atom is 0.414 e. The summed E-state index contributed by atoms with van der Waals surface area (Å²) in [5.41, 5.74) is 1.19. The SMILES string of the molecule is C[C@@H](NC(=O)C1C=CC2=C(N1)N(C(=O)Nc1cc(N3CCOC3=O)ccn1)[C@H]1CCN2C1)C(F)(F)F. The third-order valence-corrected chi connectivity index (χ3v) is 6.49. The zero-order valence-electron chi connectivity index (χ0n) is 19.2. The molecule has 3 atom stereocenters. The number of nitrogens with one attached hydrogen (secondary N) is 3. The van der Waals surface area contributed by atoms with Crippen molar-refractivity contribution in [3.63, 3.8) is 0 Å². The molecule has 0 spiro atoms. The molecular weight excluding hydrogens is 483 g/mol. The fraction of sp³-hybridized carbons (Fsp3) is 0.455. The monoisotopic (exact) mass is 507 g/mol. The molecule has 5 heterocycles. The number of hydrogen-bond acceptors (Lipinski definition) is 7. The zero-order valence-corrected chi connectivity index (χ0v) is 19.2. The van der Waals surface area contributed by atoms with Crippen LogP contribution in [0.4, 0.5) is 34.3 Å². The van der Waals surface area contributed by atoms with E-state index in [4.69, 9.17) is 4.74 Å². The number of cyclic esters (lactones) is 1. The number of ether oxygens (including phenoxy) is 1. The van der Waals surface area contributed by atoms with E-state index in [-0.39, 0.29) is 18.5 Å². The third kappa shape index (κ3) is 4.38. The number of alkyl halides is 3. The minimum Gasteiger partial charge on any atom is -0.447 e. The van der Waals surface area contributed by atoms with Gasteiger partial charge in [-0.05, 0) is 25.5 Å². The highest BCUT2D eigenvalue weighted by Gasteiger charge is 2.43. The minimum atomic E-state index is -4.58. The van der Waals surface area contributed by atoms with Gasteiger partial charge in [-0.2, -0.15) is 13.2 Å². The lowest BCUT2D eigenvalue weighted by molar-refractivity contribution is -0.158. The number of hydrogen-bond donors (Lipinski definition) is 3. The summed E-state index contributed by atoms with van der Waals surface area (Å²) in [7, 11) is 0. The molecule has 36 heavy (non-hydrogen) atoms. The molecule has 0 saturated carbocycles. The van der Waals surface area contributed by atoms with Crippen molar-refractivity contribution in [2.75, 3.05) is 36.5 Å². The number of allylic oxidation sites excluding steroid dienone is 1. The molecule has 3 N–H and O–H groups in total. The lowest BCUT2D eigenvalue weighted by Gasteiger charge is -2.41. The van der Waals surface area contributed by atoms with E-state index in [2.05, 4.69) is 20.5 Å². The number of halogens is 3. The van der Waals surface area contributed by atoms with Crippen molar-refractivity contribution in [1.82, 2.24) is 25.4 Å². The number of amides is 4. The van der Waals surface area contributed by atoms with Crippen LogP contribution in [0.3, 0.4) is 0 Å². The molecule has 5 rings (SSSR count). The molecule has 192 valence electrons. The average molecular weight is 507 g/mol. The Kier molecular flexibility index (Phi) is 5.88. The summed E-state index contributed by atoms with van der Waals surface area (Å²) in [4.78, 5) is 46.9. The van der Waals surface area contributed by atoms with E-state index in [9.17, 15) is 27.6 Å². The van der Waals surface area contributed by atoms with Crippen molar-refractivity contribution < 1.29 is 32.3 Å². The van der Waals surface area contributed by atoms with Crippen molar-refractivity contribution in [3.05, 3.63) is 42.0 Å². The molecule has 4 aliphatic rings. The Morgan fingerprint density at radius 2 is 2.11 bits per heavy atom. The summed E-state index contributed by atoms with van der Waals surface area (Å²) < 4.78 is 43.7. The van der Waals surface area contributed by atoms with E-state index in [0.29, 0.717) is 43.3 Å². The van der Waals surface area contributed by atoms with Crippen molar-refractivity contribution in [2.45, 2.75) is 37.6 Å². The minimum absolute atomic E-state index is 0.208. The summed E-state index contributed by atoms with van der Waals surface area (Å²) in [5, 5.41) is 7.63. The largest absolute Gasteiger partial charge is 0.447 e. The van der Waals surface area contributed by atoms with Crippen molar-refractivity contribution in [1.29, 1.82) is 0 Å². The van der Waals surface area contributed by atoms with E-state index in [0.717, 1.165) is 6.92 Å². The van der Waals surface area contributed by atoms with Gasteiger partial charge < -0.3 is 20.3 Å². The lowest BCUT2D eigenvalue weighted by Crippen LogP contribution is -2.57. The molecule has 2 bridgehead atoms. The number of rotatable bonds is 4. The standard InChI is InChI=1S/C22H24F3N7O4/c1-12(22(23,24)25)27-19(33)15-2-3-16-18(28-15)32(14-5-7-30(16)11-14)20(34)29-17-10-13(4-6-26-17)31-8-9-36-21(31)35/h2-4,6,10,12,14-15,28H,5,7-9,11H2,1H3,(H,27,33)(H,26,29,34)/t12-,14+,15?/m1/s1. The third-order valence-electron chi connectivity index (χ3n) is 6.49. The van der Waals surface area contributed by atoms with Gasteiger partial charge in [0.1, 0.15) is 30.3 Å². The van der Waals surface area contributed by atoms with Gasteiger partial charge in [0.2, 0.25) is 5.91 Å². The van der Waals surface area contributed by atoms with Crippen LogP contribution in [0.25, 0.3) is 0 Å². The van der Waals surface area contributed by atoms with E-state index in [1.165, 1.54) is 22.1 Å². The first kappa shape index (κ1) is 23.8. The van der Waals surface area contributed by atoms with Crippen LogP contribution in [0.1, 0.15) is 13.3 Å². The van der Waals surface area contributed by atoms with Crippen LogP contribution in [-0.2, 0) is 9.53 Å². The highest BCUT2D eigenvalue weighted by molar-refractivity contribution is 5.93. The first-order valence-corrected chi connectivity index (χ1v) is 11.4. The quantitative estimate of drug-likeness (QED) is 0.568. The normalized spacial score (nSPS) is 23.8. The number of urea groups is 1. The topological polar surface area (TPSA) is 119 Å². The molecule has 2 saturated heterocycles. The molecule has 2 fully saturated rings. The van der Waals surface area contributed by atoms with E-state index < -0.39 is 36.3 Å². The van der Waals surface area contributed by atoms with Crippen LogP contribution in [-0.4, -0.2) is 83.4 Å². The molecular formula is C22H24F3N7O4. The van der Waals surface area contributed by atoms with Crippen LogP contribution in [0.15, 0.2) is 42.0 Å². The first-order chi connectivity index (χ1) is 17.1. The Labute approximate surface area is 203 Å². The number of carbonyl (C=O) groups is 3. The van der Waals surface area contributed by atoms with Gasteiger partial charge in [0.25, 0.3) is 0 Å². The highest BCUT2D eigenvalue weighted by Crippen LogP contribution is 2.34. The molecule has 1 aromatic heterocycles. The second kappa shape index (κ2) is 8.91. The summed E-state index contributed by atoms with van der Waals surface area (Å²) in [6, 6.07) is -0.673. The van der Waals surface area contributed by atoms with Crippen molar-refractivity contribution in [3.8, 4) is 0 Å². The number of anilines is 2. The van der Waals surface area contributed by atoms with Gasteiger partial charge >= 0.3 is 18.3 Å². The number of nitrogens with zero attached hydrogens (tertiary/aromatic N) is 4. The predicted octanol–water partition coefficient (Wildman–Crippen LogP) is 1.72. The van der Waals surface area contributed by atoms with Gasteiger partial charge in [0, 0.05) is 25.4 Å². The second-order valence-electron chi connectivity index (χ2n) is 8.84. The van der Waals surface area contributed by atoms with Crippen LogP contribution in [0, 0.1) is 0 Å². The van der Waals surface area contributed by atoms with Gasteiger partial charge in [-0.15, -0.1) is 0 Å². The summed E-state index contributed by atoms with van der Waals surface area (Å²) >= 11 is 0. The predicted molar refractivity (Wildman–Crippen MR) is 121 cm³/mol. The second-order valence-corrected chi connectivity index (χ2v) is 8.84. The molecule has 0 radical (unpaired) electrons. The van der Waals surface area contributed by atoms with Gasteiger partial charge in [0.05, 0.1) is 24.0 Å². The van der Waals surface area contributed by atoms with Crippen LogP contribution >= 0.6 is 0 Å². The van der Waals surface area contributed by atoms with Gasteiger partial charge in [0.15, 0.2) is 0 Å². The van der Waals surface area contributed by atoms with Gasteiger partial charge in [-0.25, -0.2) is 14.6 Å². The van der Waals surface area contributed by atoms with Crippen LogP contribution in [0.5, 0.6) is 0 Å². The Morgan fingerprint density at radius 1 is 1.31 bits per heavy atom. The maximum atomic E-state index is 13.4. The molecule has 0 aromatic carbocycles. The van der Waals surface area contributed by atoms with Crippen LogP contribution in [0.2, 0.25) is 0 Å². The number of fused-ring (bicyclic) bond motifs is 3. The lowest BCUT2D eigenvalue weighted by atomic mass is 10.1. The first-order valence-electron chi connectivity index (χ1n) is 11.4. The Morgan fingerprint density at radius 3 is 2.83 bits per heavy atom. The average Bonchev–Trinajstić information content (AvgIpc) is 3.45. The van der Waals surface area contributed by atoms with Gasteiger partial charge in [-0.1, -0.05) is 6.08 Å².